The Balaban J connectivity index is 2.02. The Morgan fingerprint density at radius 3 is 1.00 bits per heavy atom. The van der Waals surface area contributed by atoms with E-state index in [4.69, 9.17) is 0 Å². The molecule has 0 unspecified atom stereocenters. The van der Waals surface area contributed by atoms with E-state index in [2.05, 4.69) is 123 Å². The lowest BCUT2D eigenvalue weighted by Crippen LogP contribution is -2.31. The van der Waals surface area contributed by atoms with Crippen LogP contribution in [-0.4, -0.2) is 0 Å². The topological polar surface area (TPSA) is 12.0 Å². The molecule has 0 atom stereocenters. The lowest BCUT2D eigenvalue weighted by atomic mass is 9.66. The molecule has 2 aromatic carbocycles. The minimum absolute atomic E-state index is 0.263. The molecule has 0 heterocycles. The SMILES string of the molecule is CC(C)(C)C(C)(C)Cc1ccc(Nc2ccc(CC(C)(C)C(C)(C)C)cc2)cc1. The fourth-order valence-electron chi connectivity index (χ4n) is 3.13. The van der Waals surface area contributed by atoms with E-state index in [0.29, 0.717) is 0 Å². The average molecular weight is 394 g/mol. The summed E-state index contributed by atoms with van der Waals surface area (Å²) in [5.74, 6) is 0. The molecule has 0 aliphatic rings. The lowest BCUT2D eigenvalue weighted by Gasteiger charge is -2.39. The average Bonchev–Trinajstić information content (AvgIpc) is 2.56. The molecule has 0 fully saturated rings. The molecule has 1 nitrogen and oxygen atoms in total. The van der Waals surface area contributed by atoms with Gasteiger partial charge >= 0.3 is 0 Å². The van der Waals surface area contributed by atoms with Crippen LogP contribution in [-0.2, 0) is 12.8 Å². The number of rotatable bonds is 6. The number of hydrogen-bond acceptors (Lipinski definition) is 1. The van der Waals surface area contributed by atoms with Crippen LogP contribution < -0.4 is 5.32 Å². The molecule has 1 heteroatoms. The molecule has 29 heavy (non-hydrogen) atoms. The van der Waals surface area contributed by atoms with Gasteiger partial charge < -0.3 is 5.32 Å². The first-order valence-electron chi connectivity index (χ1n) is 11.1. The van der Waals surface area contributed by atoms with Crippen LogP contribution in [0, 0.1) is 21.7 Å². The highest BCUT2D eigenvalue weighted by atomic mass is 14.9. The summed E-state index contributed by atoms with van der Waals surface area (Å²) in [6, 6.07) is 17.8. The molecule has 1 N–H and O–H groups in total. The standard InChI is InChI=1S/C28H43N/c1-25(2,3)27(7,8)19-21-11-15-23(16-12-21)29-24-17-13-22(14-18-24)20-28(9,10)26(4,5)6/h11-18,29H,19-20H2,1-10H3. The third-order valence-electron chi connectivity index (χ3n) is 7.55. The number of nitrogens with one attached hydrogen (secondary N) is 1. The molecule has 160 valence electrons. The Labute approximate surface area is 180 Å². The Hall–Kier alpha value is -1.76. The predicted octanol–water partition coefficient (Wildman–Crippen LogP) is 8.66. The second kappa shape index (κ2) is 8.17. The number of hydrogen-bond donors (Lipinski definition) is 1. The Kier molecular flexibility index (Phi) is 6.62. The van der Waals surface area contributed by atoms with Gasteiger partial charge in [-0.15, -0.1) is 0 Å². The second-order valence-corrected chi connectivity index (χ2v) is 12.1. The van der Waals surface area contributed by atoms with Crippen molar-refractivity contribution in [1.29, 1.82) is 0 Å². The first-order valence-corrected chi connectivity index (χ1v) is 11.1. The predicted molar refractivity (Wildman–Crippen MR) is 130 cm³/mol. The van der Waals surface area contributed by atoms with E-state index in [9.17, 15) is 0 Å². The van der Waals surface area contributed by atoms with Gasteiger partial charge in [-0.05, 0) is 69.9 Å². The normalized spacial score (nSPS) is 13.4. The maximum absolute atomic E-state index is 3.54. The van der Waals surface area contributed by atoms with Gasteiger partial charge in [-0.3, -0.25) is 0 Å². The first-order chi connectivity index (χ1) is 13.1. The molecule has 0 spiro atoms. The van der Waals surface area contributed by atoms with Crippen molar-refractivity contribution < 1.29 is 0 Å². The molecule has 0 amide bonds. The minimum Gasteiger partial charge on any atom is -0.356 e. The molecule has 0 bridgehead atoms. The summed E-state index contributed by atoms with van der Waals surface area (Å²) in [6.07, 6.45) is 2.18. The second-order valence-electron chi connectivity index (χ2n) is 12.1. The first kappa shape index (κ1) is 23.5. The van der Waals surface area contributed by atoms with E-state index in [1.54, 1.807) is 0 Å². The Bertz CT molecular complexity index is 709. The fraction of sp³-hybridized carbons (Fsp3) is 0.571. The quantitative estimate of drug-likeness (QED) is 0.517. The van der Waals surface area contributed by atoms with Crippen LogP contribution in [0.25, 0.3) is 0 Å². The minimum atomic E-state index is 0.263. The van der Waals surface area contributed by atoms with Gasteiger partial charge in [0.1, 0.15) is 0 Å². The van der Waals surface area contributed by atoms with Crippen LogP contribution in [0.15, 0.2) is 48.5 Å². The van der Waals surface area contributed by atoms with E-state index in [-0.39, 0.29) is 21.7 Å². The highest BCUT2D eigenvalue weighted by Gasteiger charge is 2.33. The maximum Gasteiger partial charge on any atom is 0.0384 e. The van der Waals surface area contributed by atoms with Crippen LogP contribution in [0.5, 0.6) is 0 Å². The summed E-state index contributed by atoms with van der Waals surface area (Å²) in [5, 5.41) is 3.54. The van der Waals surface area contributed by atoms with Crippen molar-refractivity contribution in [3.05, 3.63) is 59.7 Å². The van der Waals surface area contributed by atoms with Crippen molar-refractivity contribution in [2.45, 2.75) is 82.1 Å². The van der Waals surface area contributed by atoms with Crippen LogP contribution in [0.3, 0.4) is 0 Å². The summed E-state index contributed by atoms with van der Waals surface area (Å²) in [7, 11) is 0. The van der Waals surface area contributed by atoms with Crippen LogP contribution >= 0.6 is 0 Å². The fourth-order valence-corrected chi connectivity index (χ4v) is 3.13. The van der Waals surface area contributed by atoms with Crippen molar-refractivity contribution >= 4 is 11.4 Å². The molecular weight excluding hydrogens is 350 g/mol. The maximum atomic E-state index is 3.54. The molecule has 0 saturated carbocycles. The van der Waals surface area contributed by atoms with E-state index >= 15 is 0 Å². The molecule has 2 rings (SSSR count). The zero-order valence-corrected chi connectivity index (χ0v) is 20.5. The zero-order chi connectivity index (χ0) is 22.1. The van der Waals surface area contributed by atoms with Gasteiger partial charge in [0.15, 0.2) is 0 Å². The molecule has 0 radical (unpaired) electrons. The molecule has 0 saturated heterocycles. The van der Waals surface area contributed by atoms with Gasteiger partial charge in [-0.2, -0.15) is 0 Å². The van der Waals surface area contributed by atoms with Crippen LogP contribution in [0.2, 0.25) is 0 Å². The molecule has 0 aromatic heterocycles. The van der Waals surface area contributed by atoms with Crippen LogP contribution in [0.1, 0.15) is 80.4 Å². The molecule has 2 aromatic rings. The van der Waals surface area contributed by atoms with E-state index in [1.807, 2.05) is 0 Å². The van der Waals surface area contributed by atoms with Crippen LogP contribution in [0.4, 0.5) is 11.4 Å². The third-order valence-corrected chi connectivity index (χ3v) is 7.55. The summed E-state index contributed by atoms with van der Waals surface area (Å²) >= 11 is 0. The van der Waals surface area contributed by atoms with Crippen molar-refractivity contribution in [3.63, 3.8) is 0 Å². The molecule has 0 aliphatic carbocycles. The highest BCUT2D eigenvalue weighted by molar-refractivity contribution is 5.60. The van der Waals surface area contributed by atoms with Crippen molar-refractivity contribution in [2.75, 3.05) is 5.32 Å². The summed E-state index contributed by atoms with van der Waals surface area (Å²) in [6.45, 7) is 23.4. The van der Waals surface area contributed by atoms with Gasteiger partial charge in [0.25, 0.3) is 0 Å². The monoisotopic (exact) mass is 393 g/mol. The third kappa shape index (κ3) is 6.11. The van der Waals surface area contributed by atoms with E-state index in [0.717, 1.165) is 24.2 Å². The van der Waals surface area contributed by atoms with Gasteiger partial charge in [-0.25, -0.2) is 0 Å². The van der Waals surface area contributed by atoms with Gasteiger partial charge in [0, 0.05) is 11.4 Å². The van der Waals surface area contributed by atoms with Crippen molar-refractivity contribution in [3.8, 4) is 0 Å². The smallest absolute Gasteiger partial charge is 0.0384 e. The Morgan fingerprint density at radius 2 is 0.759 bits per heavy atom. The number of benzene rings is 2. The van der Waals surface area contributed by atoms with E-state index < -0.39 is 0 Å². The highest BCUT2D eigenvalue weighted by Crippen LogP contribution is 2.41. The summed E-state index contributed by atoms with van der Waals surface area (Å²) < 4.78 is 0. The van der Waals surface area contributed by atoms with E-state index in [1.165, 1.54) is 11.1 Å². The van der Waals surface area contributed by atoms with Crippen molar-refractivity contribution in [2.24, 2.45) is 21.7 Å². The largest absolute Gasteiger partial charge is 0.356 e. The lowest BCUT2D eigenvalue weighted by molar-refractivity contribution is 0.132. The Morgan fingerprint density at radius 1 is 0.483 bits per heavy atom. The summed E-state index contributed by atoms with van der Waals surface area (Å²) in [5.41, 5.74) is 6.18. The zero-order valence-electron chi connectivity index (χ0n) is 20.5. The van der Waals surface area contributed by atoms with Gasteiger partial charge in [0.2, 0.25) is 0 Å². The van der Waals surface area contributed by atoms with Gasteiger partial charge in [0.05, 0.1) is 0 Å². The number of anilines is 2. The molecular formula is C28H43N. The molecule has 0 aliphatic heterocycles. The summed E-state index contributed by atoms with van der Waals surface area (Å²) in [4.78, 5) is 0. The van der Waals surface area contributed by atoms with Gasteiger partial charge in [-0.1, -0.05) is 93.5 Å². The van der Waals surface area contributed by atoms with Crippen molar-refractivity contribution in [1.82, 2.24) is 0 Å².